The molecule has 0 heterocycles. The van der Waals surface area contributed by atoms with Crippen molar-refractivity contribution in [3.63, 3.8) is 0 Å². The number of benzene rings is 2. The molecule has 0 saturated heterocycles. The van der Waals surface area contributed by atoms with Crippen molar-refractivity contribution in [1.29, 1.82) is 0 Å². The molecule has 0 aliphatic rings. The first-order valence-corrected chi connectivity index (χ1v) is 7.38. The smallest absolute Gasteiger partial charge is 0.319 e. The van der Waals surface area contributed by atoms with E-state index in [1.807, 2.05) is 12.1 Å². The number of urea groups is 1. The van der Waals surface area contributed by atoms with Crippen LogP contribution in [0.2, 0.25) is 5.02 Å². The standard InChI is InChI=1S/C15H14BrClN2O2/c1-21-14-7-6-12(8-13(14)16)19-15(20)18-9-10-2-4-11(17)5-3-10/h2-8H,9H2,1H3,(H2,18,19,20). The van der Waals surface area contributed by atoms with Crippen molar-refractivity contribution in [2.45, 2.75) is 6.54 Å². The van der Waals surface area contributed by atoms with Gasteiger partial charge in [0.15, 0.2) is 0 Å². The number of carbonyl (C=O) groups excluding carboxylic acids is 1. The molecule has 0 spiro atoms. The lowest BCUT2D eigenvalue weighted by Crippen LogP contribution is -2.28. The second kappa shape index (κ2) is 7.33. The van der Waals surface area contributed by atoms with Crippen LogP contribution in [0.5, 0.6) is 5.75 Å². The van der Waals surface area contributed by atoms with E-state index in [9.17, 15) is 4.79 Å². The minimum atomic E-state index is -0.276. The molecule has 2 aromatic carbocycles. The molecular weight excluding hydrogens is 356 g/mol. The average Bonchev–Trinajstić information content (AvgIpc) is 2.47. The van der Waals surface area contributed by atoms with Crippen LogP contribution in [0, 0.1) is 0 Å². The number of rotatable bonds is 4. The van der Waals surface area contributed by atoms with Gasteiger partial charge in [-0.05, 0) is 51.8 Å². The maximum atomic E-state index is 11.8. The number of halogens is 2. The number of carbonyl (C=O) groups is 1. The number of hydrogen-bond acceptors (Lipinski definition) is 2. The van der Waals surface area contributed by atoms with Crippen LogP contribution in [-0.4, -0.2) is 13.1 Å². The highest BCUT2D eigenvalue weighted by atomic mass is 79.9. The van der Waals surface area contributed by atoms with Crippen LogP contribution in [0.15, 0.2) is 46.9 Å². The number of amides is 2. The van der Waals surface area contributed by atoms with Gasteiger partial charge in [-0.15, -0.1) is 0 Å². The Bertz CT molecular complexity index is 632. The molecule has 0 saturated carbocycles. The Morgan fingerprint density at radius 1 is 1.24 bits per heavy atom. The number of methoxy groups -OCH3 is 1. The van der Waals surface area contributed by atoms with E-state index in [1.54, 1.807) is 37.4 Å². The normalized spacial score (nSPS) is 10.0. The maximum absolute atomic E-state index is 11.8. The Labute approximate surface area is 136 Å². The molecule has 0 atom stereocenters. The van der Waals surface area contributed by atoms with E-state index in [0.29, 0.717) is 23.0 Å². The van der Waals surface area contributed by atoms with Gasteiger partial charge in [-0.1, -0.05) is 23.7 Å². The fourth-order valence-corrected chi connectivity index (χ4v) is 2.37. The first-order valence-electron chi connectivity index (χ1n) is 6.21. The fraction of sp³-hybridized carbons (Fsp3) is 0.133. The molecule has 0 bridgehead atoms. The Kier molecular flexibility index (Phi) is 5.47. The molecule has 0 fully saturated rings. The molecule has 0 aliphatic carbocycles. The van der Waals surface area contributed by atoms with Crippen molar-refractivity contribution < 1.29 is 9.53 Å². The second-order valence-electron chi connectivity index (χ2n) is 4.28. The van der Waals surface area contributed by atoms with Gasteiger partial charge in [-0.3, -0.25) is 0 Å². The maximum Gasteiger partial charge on any atom is 0.319 e. The first-order chi connectivity index (χ1) is 10.1. The van der Waals surface area contributed by atoms with Crippen LogP contribution in [0.25, 0.3) is 0 Å². The van der Waals surface area contributed by atoms with Crippen LogP contribution < -0.4 is 15.4 Å². The Hall–Kier alpha value is -1.72. The topological polar surface area (TPSA) is 50.4 Å². The van der Waals surface area contributed by atoms with Gasteiger partial charge in [0.25, 0.3) is 0 Å². The summed E-state index contributed by atoms with van der Waals surface area (Å²) in [7, 11) is 1.59. The van der Waals surface area contributed by atoms with Gasteiger partial charge in [0.2, 0.25) is 0 Å². The number of anilines is 1. The zero-order valence-corrected chi connectivity index (χ0v) is 13.7. The summed E-state index contributed by atoms with van der Waals surface area (Å²) in [5.74, 6) is 0.710. The third-order valence-corrected chi connectivity index (χ3v) is 3.65. The highest BCUT2D eigenvalue weighted by Crippen LogP contribution is 2.27. The molecule has 110 valence electrons. The zero-order chi connectivity index (χ0) is 15.2. The van der Waals surface area contributed by atoms with Gasteiger partial charge in [0.1, 0.15) is 5.75 Å². The van der Waals surface area contributed by atoms with Crippen LogP contribution in [-0.2, 0) is 6.54 Å². The van der Waals surface area contributed by atoms with E-state index in [1.165, 1.54) is 0 Å². The molecule has 2 amide bonds. The van der Waals surface area contributed by atoms with Gasteiger partial charge in [-0.2, -0.15) is 0 Å². The zero-order valence-electron chi connectivity index (χ0n) is 11.3. The summed E-state index contributed by atoms with van der Waals surface area (Å²) in [4.78, 5) is 11.8. The van der Waals surface area contributed by atoms with Crippen molar-refractivity contribution in [2.75, 3.05) is 12.4 Å². The Morgan fingerprint density at radius 2 is 1.95 bits per heavy atom. The van der Waals surface area contributed by atoms with Crippen molar-refractivity contribution in [3.8, 4) is 5.75 Å². The number of nitrogens with one attached hydrogen (secondary N) is 2. The monoisotopic (exact) mass is 368 g/mol. The molecule has 2 aromatic rings. The summed E-state index contributed by atoms with van der Waals surface area (Å²) in [6, 6.07) is 12.4. The average molecular weight is 370 g/mol. The van der Waals surface area contributed by atoms with Crippen molar-refractivity contribution in [1.82, 2.24) is 5.32 Å². The van der Waals surface area contributed by atoms with E-state index in [0.717, 1.165) is 10.0 Å². The van der Waals surface area contributed by atoms with Crippen LogP contribution in [0.4, 0.5) is 10.5 Å². The molecule has 2 rings (SSSR count). The molecule has 2 N–H and O–H groups in total. The molecule has 0 aromatic heterocycles. The van der Waals surface area contributed by atoms with E-state index >= 15 is 0 Å². The molecule has 21 heavy (non-hydrogen) atoms. The molecule has 6 heteroatoms. The molecule has 0 unspecified atom stereocenters. The summed E-state index contributed by atoms with van der Waals surface area (Å²) in [6.45, 7) is 0.431. The molecule has 0 radical (unpaired) electrons. The summed E-state index contributed by atoms with van der Waals surface area (Å²) in [6.07, 6.45) is 0. The van der Waals surface area contributed by atoms with E-state index in [2.05, 4.69) is 26.6 Å². The van der Waals surface area contributed by atoms with Gasteiger partial charge in [0, 0.05) is 17.3 Å². The van der Waals surface area contributed by atoms with E-state index in [4.69, 9.17) is 16.3 Å². The van der Waals surface area contributed by atoms with Crippen LogP contribution in [0.3, 0.4) is 0 Å². The lowest BCUT2D eigenvalue weighted by Gasteiger charge is -2.09. The SMILES string of the molecule is COc1ccc(NC(=O)NCc2ccc(Cl)cc2)cc1Br. The number of ether oxygens (including phenoxy) is 1. The lowest BCUT2D eigenvalue weighted by molar-refractivity contribution is 0.251. The van der Waals surface area contributed by atoms with Crippen LogP contribution >= 0.6 is 27.5 Å². The second-order valence-corrected chi connectivity index (χ2v) is 5.57. The summed E-state index contributed by atoms with van der Waals surface area (Å²) in [5.41, 5.74) is 1.65. The predicted molar refractivity (Wildman–Crippen MR) is 88.0 cm³/mol. The van der Waals surface area contributed by atoms with Crippen molar-refractivity contribution in [2.24, 2.45) is 0 Å². The Morgan fingerprint density at radius 3 is 2.57 bits per heavy atom. The quantitative estimate of drug-likeness (QED) is 0.837. The summed E-state index contributed by atoms with van der Waals surface area (Å²) >= 11 is 9.18. The largest absolute Gasteiger partial charge is 0.496 e. The van der Waals surface area contributed by atoms with Crippen molar-refractivity contribution >= 4 is 39.2 Å². The molecule has 0 aliphatic heterocycles. The highest BCUT2D eigenvalue weighted by molar-refractivity contribution is 9.10. The van der Waals surface area contributed by atoms with Crippen molar-refractivity contribution in [3.05, 3.63) is 57.5 Å². The third kappa shape index (κ3) is 4.65. The van der Waals surface area contributed by atoms with Gasteiger partial charge in [0.05, 0.1) is 11.6 Å². The summed E-state index contributed by atoms with van der Waals surface area (Å²) in [5, 5.41) is 6.20. The number of hydrogen-bond donors (Lipinski definition) is 2. The fourth-order valence-electron chi connectivity index (χ4n) is 1.70. The molecular formula is C15H14BrClN2O2. The highest BCUT2D eigenvalue weighted by Gasteiger charge is 2.05. The summed E-state index contributed by atoms with van der Waals surface area (Å²) < 4.78 is 5.91. The minimum Gasteiger partial charge on any atom is -0.496 e. The van der Waals surface area contributed by atoms with Gasteiger partial charge in [-0.25, -0.2) is 4.79 Å². The van der Waals surface area contributed by atoms with Gasteiger partial charge >= 0.3 is 6.03 Å². The third-order valence-electron chi connectivity index (χ3n) is 2.78. The Balaban J connectivity index is 1.89. The van der Waals surface area contributed by atoms with E-state index in [-0.39, 0.29) is 6.03 Å². The predicted octanol–water partition coefficient (Wildman–Crippen LogP) is 4.43. The van der Waals surface area contributed by atoms with Gasteiger partial charge < -0.3 is 15.4 Å². The molecule has 4 nitrogen and oxygen atoms in total. The first kappa shape index (κ1) is 15.7. The minimum absolute atomic E-state index is 0.276. The van der Waals surface area contributed by atoms with Crippen LogP contribution in [0.1, 0.15) is 5.56 Å². The lowest BCUT2D eigenvalue weighted by atomic mass is 10.2. The van der Waals surface area contributed by atoms with E-state index < -0.39 is 0 Å².